The Kier molecular flexibility index (Phi) is 3.83. The van der Waals surface area contributed by atoms with E-state index in [1.807, 2.05) is 0 Å². The average molecular weight is 264 g/mol. The largest absolute Gasteiger partial charge is 0.327 e. The maximum absolute atomic E-state index is 11.2. The van der Waals surface area contributed by atoms with Crippen LogP contribution in [-0.4, -0.2) is 16.9 Å². The molecule has 0 fully saturated rings. The van der Waals surface area contributed by atoms with Crippen molar-refractivity contribution in [1.29, 1.82) is 0 Å². The first-order valence-electron chi connectivity index (χ1n) is 3.74. The fraction of sp³-hybridized carbons (Fsp3) is 0.429. The first-order valence-corrected chi connectivity index (χ1v) is 5.35. The van der Waals surface area contributed by atoms with Crippen LogP contribution >= 0.6 is 27.3 Å². The maximum Gasteiger partial charge on any atom is 0.227 e. The molecule has 1 amide bonds. The quantitative estimate of drug-likeness (QED) is 0.870. The van der Waals surface area contributed by atoms with Crippen molar-refractivity contribution in [2.45, 2.75) is 19.4 Å². The summed E-state index contributed by atoms with van der Waals surface area (Å²) >= 11 is 4.63. The predicted octanol–water partition coefficient (Wildman–Crippen LogP) is 1.58. The topological polar surface area (TPSA) is 68.0 Å². The van der Waals surface area contributed by atoms with E-state index in [1.165, 1.54) is 11.3 Å². The lowest BCUT2D eigenvalue weighted by atomic mass is 10.2. The second-order valence-corrected chi connectivity index (χ2v) is 5.11. The molecule has 0 aliphatic heterocycles. The SMILES string of the molecule is CC(N)CC(=O)Nc1ncc(Br)s1. The van der Waals surface area contributed by atoms with Crippen LogP contribution in [0.1, 0.15) is 13.3 Å². The van der Waals surface area contributed by atoms with Gasteiger partial charge in [0.15, 0.2) is 5.13 Å². The maximum atomic E-state index is 11.2. The Morgan fingerprint density at radius 1 is 1.92 bits per heavy atom. The summed E-state index contributed by atoms with van der Waals surface area (Å²) in [6, 6.07) is -0.122. The van der Waals surface area contributed by atoms with Crippen LogP contribution in [0.25, 0.3) is 0 Å². The average Bonchev–Trinajstić information content (AvgIpc) is 2.33. The van der Waals surface area contributed by atoms with Gasteiger partial charge in [0.05, 0.1) is 9.98 Å². The van der Waals surface area contributed by atoms with Gasteiger partial charge in [-0.15, -0.1) is 0 Å². The summed E-state index contributed by atoms with van der Waals surface area (Å²) < 4.78 is 0.892. The molecule has 1 unspecified atom stereocenters. The highest BCUT2D eigenvalue weighted by Gasteiger charge is 2.07. The number of halogens is 1. The van der Waals surface area contributed by atoms with Crippen molar-refractivity contribution in [2.24, 2.45) is 5.73 Å². The van der Waals surface area contributed by atoms with Gasteiger partial charge in [0.2, 0.25) is 5.91 Å². The molecule has 0 aromatic carbocycles. The zero-order valence-electron chi connectivity index (χ0n) is 7.08. The van der Waals surface area contributed by atoms with Gasteiger partial charge in [-0.1, -0.05) is 11.3 Å². The molecule has 0 bridgehead atoms. The van der Waals surface area contributed by atoms with Crippen molar-refractivity contribution in [2.75, 3.05) is 5.32 Å². The molecule has 6 heteroatoms. The van der Waals surface area contributed by atoms with Crippen molar-refractivity contribution in [1.82, 2.24) is 4.98 Å². The molecular formula is C7H10BrN3OS. The molecule has 1 atom stereocenters. The minimum absolute atomic E-state index is 0.100. The van der Waals surface area contributed by atoms with Gasteiger partial charge in [0.1, 0.15) is 0 Å². The molecule has 0 aliphatic carbocycles. The molecule has 0 spiro atoms. The number of nitrogens with zero attached hydrogens (tertiary/aromatic N) is 1. The smallest absolute Gasteiger partial charge is 0.227 e. The van der Waals surface area contributed by atoms with Crippen LogP contribution in [0.15, 0.2) is 9.98 Å². The molecule has 1 aromatic rings. The second-order valence-electron chi connectivity index (χ2n) is 2.70. The Hall–Kier alpha value is -0.460. The number of rotatable bonds is 3. The van der Waals surface area contributed by atoms with Crippen LogP contribution in [-0.2, 0) is 4.79 Å². The molecule has 0 aliphatic rings. The summed E-state index contributed by atoms with van der Waals surface area (Å²) in [5.41, 5.74) is 5.47. The molecule has 1 rings (SSSR count). The lowest BCUT2D eigenvalue weighted by Gasteiger charge is -2.03. The number of hydrogen-bond acceptors (Lipinski definition) is 4. The summed E-state index contributed by atoms with van der Waals surface area (Å²) in [6.45, 7) is 1.79. The van der Waals surface area contributed by atoms with E-state index in [1.54, 1.807) is 13.1 Å². The normalized spacial score (nSPS) is 12.5. The van der Waals surface area contributed by atoms with Crippen molar-refractivity contribution in [3.05, 3.63) is 9.98 Å². The summed E-state index contributed by atoms with van der Waals surface area (Å²) in [6.07, 6.45) is 1.96. The monoisotopic (exact) mass is 263 g/mol. The fourth-order valence-electron chi connectivity index (χ4n) is 0.775. The molecule has 0 saturated carbocycles. The number of anilines is 1. The lowest BCUT2D eigenvalue weighted by molar-refractivity contribution is -0.116. The third-order valence-electron chi connectivity index (χ3n) is 1.23. The second kappa shape index (κ2) is 4.69. The van der Waals surface area contributed by atoms with Crippen LogP contribution in [0.2, 0.25) is 0 Å². The number of nitrogens with one attached hydrogen (secondary N) is 1. The first-order chi connectivity index (χ1) is 6.08. The van der Waals surface area contributed by atoms with Crippen molar-refractivity contribution < 1.29 is 4.79 Å². The number of amides is 1. The van der Waals surface area contributed by atoms with Crippen LogP contribution in [0.4, 0.5) is 5.13 Å². The zero-order chi connectivity index (χ0) is 9.84. The van der Waals surface area contributed by atoms with Gasteiger partial charge in [-0.25, -0.2) is 4.98 Å². The molecular weight excluding hydrogens is 254 g/mol. The van der Waals surface area contributed by atoms with E-state index < -0.39 is 0 Å². The Morgan fingerprint density at radius 2 is 2.62 bits per heavy atom. The zero-order valence-corrected chi connectivity index (χ0v) is 9.48. The van der Waals surface area contributed by atoms with E-state index in [0.29, 0.717) is 11.6 Å². The van der Waals surface area contributed by atoms with Crippen molar-refractivity contribution in [3.63, 3.8) is 0 Å². The van der Waals surface area contributed by atoms with Gasteiger partial charge in [0.25, 0.3) is 0 Å². The van der Waals surface area contributed by atoms with E-state index in [2.05, 4.69) is 26.2 Å². The lowest BCUT2D eigenvalue weighted by Crippen LogP contribution is -2.23. The molecule has 4 nitrogen and oxygen atoms in total. The number of aromatic nitrogens is 1. The highest BCUT2D eigenvalue weighted by atomic mass is 79.9. The molecule has 0 saturated heterocycles. The number of carbonyl (C=O) groups excluding carboxylic acids is 1. The number of nitrogens with two attached hydrogens (primary N) is 1. The third-order valence-corrected chi connectivity index (χ3v) is 2.62. The van der Waals surface area contributed by atoms with Crippen LogP contribution in [0.3, 0.4) is 0 Å². The van der Waals surface area contributed by atoms with Gasteiger partial charge < -0.3 is 11.1 Å². The van der Waals surface area contributed by atoms with Crippen molar-refractivity contribution >= 4 is 38.3 Å². The van der Waals surface area contributed by atoms with Gasteiger partial charge in [-0.3, -0.25) is 4.79 Å². The number of carbonyl (C=O) groups is 1. The molecule has 0 radical (unpaired) electrons. The fourth-order valence-corrected chi connectivity index (χ4v) is 1.90. The summed E-state index contributed by atoms with van der Waals surface area (Å²) in [4.78, 5) is 15.2. The van der Waals surface area contributed by atoms with Gasteiger partial charge in [0, 0.05) is 12.5 Å². The van der Waals surface area contributed by atoms with E-state index >= 15 is 0 Å². The molecule has 3 N–H and O–H groups in total. The Labute approximate surface area is 88.7 Å². The van der Waals surface area contributed by atoms with E-state index in [9.17, 15) is 4.79 Å². The van der Waals surface area contributed by atoms with Gasteiger partial charge in [-0.2, -0.15) is 0 Å². The summed E-state index contributed by atoms with van der Waals surface area (Å²) in [5.74, 6) is -0.100. The van der Waals surface area contributed by atoms with Gasteiger partial charge in [-0.05, 0) is 22.9 Å². The minimum Gasteiger partial charge on any atom is -0.327 e. The van der Waals surface area contributed by atoms with Gasteiger partial charge >= 0.3 is 0 Å². The summed E-state index contributed by atoms with van der Waals surface area (Å²) in [5, 5.41) is 3.25. The highest BCUT2D eigenvalue weighted by Crippen LogP contribution is 2.23. The number of hydrogen-bond donors (Lipinski definition) is 2. The Bertz CT molecular complexity index is 300. The van der Waals surface area contributed by atoms with E-state index in [4.69, 9.17) is 5.73 Å². The van der Waals surface area contributed by atoms with E-state index in [-0.39, 0.29) is 11.9 Å². The standard InChI is InChI=1S/C7H10BrN3OS/c1-4(9)2-6(12)11-7-10-3-5(8)13-7/h3-4H,2,9H2,1H3,(H,10,11,12). The third kappa shape index (κ3) is 3.84. The molecule has 72 valence electrons. The highest BCUT2D eigenvalue weighted by molar-refractivity contribution is 9.11. The molecule has 13 heavy (non-hydrogen) atoms. The first kappa shape index (κ1) is 10.6. The van der Waals surface area contributed by atoms with E-state index in [0.717, 1.165) is 3.79 Å². The van der Waals surface area contributed by atoms with Crippen LogP contribution in [0, 0.1) is 0 Å². The number of thiazole rings is 1. The predicted molar refractivity (Wildman–Crippen MR) is 56.7 cm³/mol. The Morgan fingerprint density at radius 3 is 3.08 bits per heavy atom. The van der Waals surface area contributed by atoms with Crippen molar-refractivity contribution in [3.8, 4) is 0 Å². The molecule has 1 heterocycles. The van der Waals surface area contributed by atoms with Crippen LogP contribution < -0.4 is 11.1 Å². The summed E-state index contributed by atoms with van der Waals surface area (Å²) in [7, 11) is 0. The minimum atomic E-state index is -0.122. The molecule has 1 aromatic heterocycles. The van der Waals surface area contributed by atoms with Crippen LogP contribution in [0.5, 0.6) is 0 Å². The Balaban J connectivity index is 2.45.